The number of nitrogens with zero attached hydrogens (tertiary/aromatic N) is 1. The van der Waals surface area contributed by atoms with Crippen LogP contribution in [0.2, 0.25) is 0 Å². The van der Waals surface area contributed by atoms with Gasteiger partial charge in [0.25, 0.3) is 0 Å². The summed E-state index contributed by atoms with van der Waals surface area (Å²) in [6, 6.07) is 1.93. The van der Waals surface area contributed by atoms with Crippen LogP contribution in [0.3, 0.4) is 0 Å². The predicted octanol–water partition coefficient (Wildman–Crippen LogP) is 1.61. The summed E-state index contributed by atoms with van der Waals surface area (Å²) in [4.78, 5) is 36.2. The highest BCUT2D eigenvalue weighted by molar-refractivity contribution is 5.99. The molecule has 0 spiro atoms. The zero-order valence-corrected chi connectivity index (χ0v) is 15.7. The molecule has 0 saturated carbocycles. The zero-order valence-electron chi connectivity index (χ0n) is 15.7. The van der Waals surface area contributed by atoms with Crippen LogP contribution in [0.1, 0.15) is 28.7 Å². The summed E-state index contributed by atoms with van der Waals surface area (Å²) in [6.45, 7) is 5.12. The summed E-state index contributed by atoms with van der Waals surface area (Å²) < 4.78 is 11.1. The van der Waals surface area contributed by atoms with Crippen LogP contribution in [0.25, 0.3) is 21.9 Å². The highest BCUT2D eigenvalue weighted by Gasteiger charge is 2.18. The van der Waals surface area contributed by atoms with E-state index >= 15 is 0 Å². The normalized spacial score (nSPS) is 11.3. The van der Waals surface area contributed by atoms with Crippen LogP contribution in [0.5, 0.6) is 0 Å². The molecular formula is C20H20NO6-. The van der Waals surface area contributed by atoms with E-state index in [1.54, 1.807) is 6.26 Å². The molecule has 0 atom stereocenters. The summed E-state index contributed by atoms with van der Waals surface area (Å²) >= 11 is 0. The van der Waals surface area contributed by atoms with Crippen LogP contribution in [0, 0.1) is 20.8 Å². The van der Waals surface area contributed by atoms with E-state index in [1.165, 1.54) is 7.05 Å². The van der Waals surface area contributed by atoms with Crippen molar-refractivity contribution in [2.45, 2.75) is 33.6 Å². The molecule has 0 fully saturated rings. The van der Waals surface area contributed by atoms with Crippen LogP contribution < -0.4 is 10.7 Å². The van der Waals surface area contributed by atoms with E-state index in [9.17, 15) is 19.5 Å². The van der Waals surface area contributed by atoms with E-state index in [-0.39, 0.29) is 18.7 Å². The molecule has 1 amide bonds. The molecule has 0 saturated heterocycles. The molecule has 0 bridgehead atoms. The van der Waals surface area contributed by atoms with Crippen molar-refractivity contribution in [1.29, 1.82) is 0 Å². The molecule has 3 rings (SSSR count). The molecule has 0 unspecified atom stereocenters. The van der Waals surface area contributed by atoms with E-state index in [1.807, 2.05) is 26.8 Å². The fourth-order valence-electron chi connectivity index (χ4n) is 3.31. The van der Waals surface area contributed by atoms with Gasteiger partial charge in [-0.25, -0.2) is 4.79 Å². The third kappa shape index (κ3) is 3.32. The quantitative estimate of drug-likeness (QED) is 0.632. The van der Waals surface area contributed by atoms with Gasteiger partial charge in [-0.2, -0.15) is 0 Å². The van der Waals surface area contributed by atoms with Gasteiger partial charge in [0.15, 0.2) is 0 Å². The molecule has 0 radical (unpaired) electrons. The zero-order chi connectivity index (χ0) is 19.9. The Kier molecular flexibility index (Phi) is 4.78. The first-order valence-corrected chi connectivity index (χ1v) is 8.58. The van der Waals surface area contributed by atoms with Gasteiger partial charge in [-0.15, -0.1) is 0 Å². The summed E-state index contributed by atoms with van der Waals surface area (Å²) in [7, 11) is 1.38. The second kappa shape index (κ2) is 6.90. The Labute approximate surface area is 155 Å². The van der Waals surface area contributed by atoms with Gasteiger partial charge in [0.2, 0.25) is 5.91 Å². The summed E-state index contributed by atoms with van der Waals surface area (Å²) in [5.41, 5.74) is 3.58. The Morgan fingerprint density at radius 1 is 1.11 bits per heavy atom. The van der Waals surface area contributed by atoms with Gasteiger partial charge in [0, 0.05) is 35.4 Å². The van der Waals surface area contributed by atoms with Gasteiger partial charge in [-0.05, 0) is 44.4 Å². The van der Waals surface area contributed by atoms with E-state index < -0.39 is 18.1 Å². The second-order valence-electron chi connectivity index (χ2n) is 6.79. The number of carbonyl (C=O) groups excluding carboxylic acids is 2. The van der Waals surface area contributed by atoms with E-state index in [0.29, 0.717) is 16.7 Å². The van der Waals surface area contributed by atoms with Gasteiger partial charge in [0.1, 0.15) is 11.2 Å². The van der Waals surface area contributed by atoms with E-state index in [4.69, 9.17) is 8.83 Å². The van der Waals surface area contributed by atoms with Crippen molar-refractivity contribution in [2.24, 2.45) is 0 Å². The number of carbonyl (C=O) groups is 2. The fourth-order valence-corrected chi connectivity index (χ4v) is 3.31. The van der Waals surface area contributed by atoms with Gasteiger partial charge in [-0.1, -0.05) is 0 Å². The maximum Gasteiger partial charge on any atom is 0.339 e. The highest BCUT2D eigenvalue weighted by atomic mass is 16.4. The number of furan rings is 1. The molecule has 2 heterocycles. The van der Waals surface area contributed by atoms with Gasteiger partial charge in [0.05, 0.1) is 18.8 Å². The number of carboxylic acids is 1. The summed E-state index contributed by atoms with van der Waals surface area (Å²) in [6.07, 6.45) is 1.84. The molecule has 3 aromatic rings. The molecule has 27 heavy (non-hydrogen) atoms. The maximum atomic E-state index is 12.5. The van der Waals surface area contributed by atoms with E-state index in [0.717, 1.165) is 32.4 Å². The number of hydrogen-bond acceptors (Lipinski definition) is 6. The highest BCUT2D eigenvalue weighted by Crippen LogP contribution is 2.32. The van der Waals surface area contributed by atoms with Gasteiger partial charge in [-0.3, -0.25) is 4.79 Å². The number of benzene rings is 1. The standard InChI is InChI=1S/C20H21NO6/c1-10-9-26-18-12(3)19-15(7-14(10)18)11(2)13(20(25)27-19)5-6-16(22)21(4)8-17(23)24/h7,9H,5-6,8H2,1-4H3,(H,23,24)/p-1. The number of carboxylic acid groups (broad SMARTS) is 1. The van der Waals surface area contributed by atoms with Crippen LogP contribution in [0.4, 0.5) is 0 Å². The third-order valence-electron chi connectivity index (χ3n) is 4.92. The lowest BCUT2D eigenvalue weighted by atomic mass is 9.98. The molecule has 7 heteroatoms. The van der Waals surface area contributed by atoms with Crippen molar-refractivity contribution < 1.29 is 23.5 Å². The van der Waals surface area contributed by atoms with Gasteiger partial charge < -0.3 is 23.6 Å². The molecule has 2 aromatic heterocycles. The Bertz CT molecular complexity index is 1120. The third-order valence-corrected chi connectivity index (χ3v) is 4.92. The van der Waals surface area contributed by atoms with Crippen molar-refractivity contribution in [3.8, 4) is 0 Å². The molecule has 142 valence electrons. The Morgan fingerprint density at radius 3 is 2.48 bits per heavy atom. The van der Waals surface area contributed by atoms with E-state index in [2.05, 4.69) is 0 Å². The van der Waals surface area contributed by atoms with Crippen LogP contribution >= 0.6 is 0 Å². The average Bonchev–Trinajstić information content (AvgIpc) is 2.96. The van der Waals surface area contributed by atoms with Crippen molar-refractivity contribution in [3.05, 3.63) is 45.0 Å². The molecule has 0 aliphatic carbocycles. The summed E-state index contributed by atoms with van der Waals surface area (Å²) in [5.74, 6) is -1.71. The lowest BCUT2D eigenvalue weighted by Crippen LogP contribution is -2.39. The average molecular weight is 370 g/mol. The van der Waals surface area contributed by atoms with Crippen molar-refractivity contribution in [1.82, 2.24) is 4.90 Å². The number of fused-ring (bicyclic) bond motifs is 2. The monoisotopic (exact) mass is 370 g/mol. The number of amides is 1. The lowest BCUT2D eigenvalue weighted by molar-refractivity contribution is -0.305. The fraction of sp³-hybridized carbons (Fsp3) is 0.350. The van der Waals surface area contributed by atoms with Crippen LogP contribution in [0.15, 0.2) is 26.0 Å². The number of likely N-dealkylation sites (N-methyl/N-ethyl adjacent to an activating group) is 1. The first-order valence-electron chi connectivity index (χ1n) is 8.58. The minimum Gasteiger partial charge on any atom is -0.548 e. The molecular weight excluding hydrogens is 350 g/mol. The van der Waals surface area contributed by atoms with Crippen molar-refractivity contribution >= 4 is 33.8 Å². The van der Waals surface area contributed by atoms with Gasteiger partial charge >= 0.3 is 5.63 Å². The number of aryl methyl sites for hydroxylation is 3. The molecule has 7 nitrogen and oxygen atoms in total. The number of aliphatic carboxylic acids is 1. The SMILES string of the molecule is Cc1coc2c(C)c3oc(=O)c(CCC(=O)N(C)CC(=O)[O-])c(C)c3cc12. The number of rotatable bonds is 5. The molecule has 0 N–H and O–H groups in total. The van der Waals surface area contributed by atoms with Crippen molar-refractivity contribution in [3.63, 3.8) is 0 Å². The Hall–Kier alpha value is -3.09. The van der Waals surface area contributed by atoms with Crippen molar-refractivity contribution in [2.75, 3.05) is 13.6 Å². The number of hydrogen-bond donors (Lipinski definition) is 0. The Balaban J connectivity index is 2.00. The summed E-state index contributed by atoms with van der Waals surface area (Å²) in [5, 5.41) is 12.4. The minimum atomic E-state index is -1.33. The molecule has 0 aliphatic rings. The predicted molar refractivity (Wildman–Crippen MR) is 97.4 cm³/mol. The molecule has 1 aromatic carbocycles. The van der Waals surface area contributed by atoms with Crippen LogP contribution in [-0.4, -0.2) is 30.4 Å². The first kappa shape index (κ1) is 18.7. The van der Waals surface area contributed by atoms with Crippen LogP contribution in [-0.2, 0) is 16.0 Å². The largest absolute Gasteiger partial charge is 0.548 e. The second-order valence-corrected chi connectivity index (χ2v) is 6.79. The smallest absolute Gasteiger partial charge is 0.339 e. The molecule has 0 aliphatic heterocycles. The first-order chi connectivity index (χ1) is 12.7. The topological polar surface area (TPSA) is 104 Å². The Morgan fingerprint density at radius 2 is 1.81 bits per heavy atom. The lowest BCUT2D eigenvalue weighted by Gasteiger charge is -2.17. The minimum absolute atomic E-state index is 0.00680. The maximum absolute atomic E-state index is 12.5.